The molecule has 1 N–H and O–H groups in total. The summed E-state index contributed by atoms with van der Waals surface area (Å²) in [5, 5.41) is 9.22. The first-order chi connectivity index (χ1) is 10.2. The minimum Gasteiger partial charge on any atom is -0.381 e. The van der Waals surface area contributed by atoms with E-state index in [1.165, 1.54) is 38.9 Å². The van der Waals surface area contributed by atoms with Crippen LogP contribution in [0.4, 0.5) is 5.69 Å². The van der Waals surface area contributed by atoms with Crippen molar-refractivity contribution in [2.75, 3.05) is 25.0 Å². The molecule has 3 heterocycles. The van der Waals surface area contributed by atoms with Gasteiger partial charge in [0.25, 0.3) is 0 Å². The van der Waals surface area contributed by atoms with Crippen LogP contribution in [0.1, 0.15) is 31.9 Å². The predicted molar refractivity (Wildman–Crippen MR) is 86.6 cm³/mol. The number of pyridine rings is 1. The Kier molecular flexibility index (Phi) is 4.10. The quantitative estimate of drug-likeness (QED) is 0.939. The molecule has 0 bridgehead atoms. The molecule has 114 valence electrons. The molecule has 1 saturated heterocycles. The van der Waals surface area contributed by atoms with Crippen molar-refractivity contribution >= 4 is 16.7 Å². The minimum atomic E-state index is 0.564. The number of hydrogen-bond donors (Lipinski definition) is 1. The van der Waals surface area contributed by atoms with E-state index in [0.29, 0.717) is 6.04 Å². The molecule has 0 unspecified atom stereocenters. The Labute approximate surface area is 126 Å². The molecule has 0 amide bonds. The van der Waals surface area contributed by atoms with Crippen LogP contribution in [0.3, 0.4) is 0 Å². The summed E-state index contributed by atoms with van der Waals surface area (Å²) in [6, 6.07) is 2.75. The van der Waals surface area contributed by atoms with Crippen molar-refractivity contribution in [2.24, 2.45) is 7.05 Å². The normalized spacial score (nSPS) is 17.5. The van der Waals surface area contributed by atoms with Crippen molar-refractivity contribution in [3.63, 3.8) is 0 Å². The summed E-state index contributed by atoms with van der Waals surface area (Å²) in [5.74, 6) is 0. The van der Waals surface area contributed by atoms with Crippen molar-refractivity contribution < 1.29 is 0 Å². The van der Waals surface area contributed by atoms with Crippen LogP contribution in [0.2, 0.25) is 0 Å². The predicted octanol–water partition coefficient (Wildman–Crippen LogP) is 2.56. The second-order valence-electron chi connectivity index (χ2n) is 6.06. The highest BCUT2D eigenvalue weighted by molar-refractivity contribution is 5.81. The summed E-state index contributed by atoms with van der Waals surface area (Å²) in [4.78, 5) is 7.10. The Hall–Kier alpha value is -1.62. The van der Waals surface area contributed by atoms with Crippen LogP contribution < -0.4 is 5.32 Å². The number of fused-ring (bicyclic) bond motifs is 1. The Morgan fingerprint density at radius 1 is 1.33 bits per heavy atom. The Morgan fingerprint density at radius 3 is 2.81 bits per heavy atom. The van der Waals surface area contributed by atoms with Crippen LogP contribution in [0.15, 0.2) is 12.3 Å². The standard InChI is InChI=1S/C16H25N5/c1-4-7-21-8-5-13(6-9-21)18-14-10-15-12(2)19-20(3)16(15)17-11-14/h10-11,13,18H,4-9H2,1-3H3. The molecule has 0 spiro atoms. The fourth-order valence-electron chi connectivity index (χ4n) is 3.24. The highest BCUT2D eigenvalue weighted by Gasteiger charge is 2.18. The Morgan fingerprint density at radius 2 is 2.10 bits per heavy atom. The average Bonchev–Trinajstić information content (AvgIpc) is 2.76. The van der Waals surface area contributed by atoms with Crippen LogP contribution in [0.25, 0.3) is 11.0 Å². The number of nitrogens with one attached hydrogen (secondary N) is 1. The maximum atomic E-state index is 4.54. The van der Waals surface area contributed by atoms with E-state index in [-0.39, 0.29) is 0 Å². The van der Waals surface area contributed by atoms with E-state index in [9.17, 15) is 0 Å². The van der Waals surface area contributed by atoms with Gasteiger partial charge in [0, 0.05) is 31.6 Å². The number of aromatic nitrogens is 3. The summed E-state index contributed by atoms with van der Waals surface area (Å²) in [5.41, 5.74) is 3.12. The van der Waals surface area contributed by atoms with Crippen LogP contribution in [-0.2, 0) is 7.05 Å². The first kappa shape index (κ1) is 14.3. The fourth-order valence-corrected chi connectivity index (χ4v) is 3.24. The van der Waals surface area contributed by atoms with Gasteiger partial charge in [0.15, 0.2) is 5.65 Å². The van der Waals surface area contributed by atoms with E-state index < -0.39 is 0 Å². The second-order valence-corrected chi connectivity index (χ2v) is 6.06. The highest BCUT2D eigenvalue weighted by atomic mass is 15.3. The Balaban J connectivity index is 1.67. The smallest absolute Gasteiger partial charge is 0.157 e. The van der Waals surface area contributed by atoms with Crippen LogP contribution in [-0.4, -0.2) is 45.3 Å². The molecule has 5 nitrogen and oxygen atoms in total. The third-order valence-electron chi connectivity index (χ3n) is 4.36. The summed E-state index contributed by atoms with van der Waals surface area (Å²) >= 11 is 0. The number of anilines is 1. The van der Waals surface area contributed by atoms with Crippen LogP contribution in [0, 0.1) is 6.92 Å². The van der Waals surface area contributed by atoms with Crippen LogP contribution in [0.5, 0.6) is 0 Å². The average molecular weight is 287 g/mol. The monoisotopic (exact) mass is 287 g/mol. The summed E-state index contributed by atoms with van der Waals surface area (Å²) < 4.78 is 1.84. The van der Waals surface area contributed by atoms with Crippen molar-refractivity contribution in [3.8, 4) is 0 Å². The lowest BCUT2D eigenvalue weighted by molar-refractivity contribution is 0.219. The lowest BCUT2D eigenvalue weighted by Gasteiger charge is -2.32. The van der Waals surface area contributed by atoms with Gasteiger partial charge >= 0.3 is 0 Å². The van der Waals surface area contributed by atoms with Gasteiger partial charge in [0.1, 0.15) is 0 Å². The van der Waals surface area contributed by atoms with Crippen molar-refractivity contribution in [2.45, 2.75) is 39.2 Å². The van der Waals surface area contributed by atoms with Crippen LogP contribution >= 0.6 is 0 Å². The van der Waals surface area contributed by atoms with E-state index >= 15 is 0 Å². The molecule has 0 radical (unpaired) electrons. The highest BCUT2D eigenvalue weighted by Crippen LogP contribution is 2.22. The van der Waals surface area contributed by atoms with E-state index in [0.717, 1.165) is 22.4 Å². The van der Waals surface area contributed by atoms with E-state index in [2.05, 4.69) is 33.3 Å². The number of likely N-dealkylation sites (tertiary alicyclic amines) is 1. The number of rotatable bonds is 4. The summed E-state index contributed by atoms with van der Waals surface area (Å²) in [6.45, 7) is 7.92. The van der Waals surface area contributed by atoms with Gasteiger partial charge < -0.3 is 10.2 Å². The Bertz CT molecular complexity index is 610. The molecule has 1 aliphatic heterocycles. The zero-order valence-electron chi connectivity index (χ0n) is 13.3. The molecule has 2 aromatic heterocycles. The van der Waals surface area contributed by atoms with Gasteiger partial charge in [-0.2, -0.15) is 5.10 Å². The van der Waals surface area contributed by atoms with Gasteiger partial charge in [-0.15, -0.1) is 0 Å². The van der Waals surface area contributed by atoms with Crippen molar-refractivity contribution in [1.82, 2.24) is 19.7 Å². The molecule has 0 aromatic carbocycles. The second kappa shape index (κ2) is 6.02. The fraction of sp³-hybridized carbons (Fsp3) is 0.625. The number of hydrogen-bond acceptors (Lipinski definition) is 4. The SMILES string of the molecule is CCCN1CCC(Nc2cnc3c(c2)c(C)nn3C)CC1. The molecular formula is C16H25N5. The van der Waals surface area contributed by atoms with E-state index in [1.807, 2.05) is 24.9 Å². The maximum Gasteiger partial charge on any atom is 0.157 e. The first-order valence-corrected chi connectivity index (χ1v) is 7.95. The van der Waals surface area contributed by atoms with Gasteiger partial charge in [0.2, 0.25) is 0 Å². The molecule has 1 aliphatic rings. The number of nitrogens with zero attached hydrogens (tertiary/aromatic N) is 4. The van der Waals surface area contributed by atoms with E-state index in [4.69, 9.17) is 0 Å². The van der Waals surface area contributed by atoms with Gasteiger partial charge in [-0.1, -0.05) is 6.92 Å². The minimum absolute atomic E-state index is 0.564. The van der Waals surface area contributed by atoms with E-state index in [1.54, 1.807) is 0 Å². The molecule has 0 atom stereocenters. The molecule has 2 aromatic rings. The van der Waals surface area contributed by atoms with Gasteiger partial charge in [-0.25, -0.2) is 4.98 Å². The molecule has 0 saturated carbocycles. The lowest BCUT2D eigenvalue weighted by Crippen LogP contribution is -2.39. The molecule has 5 heteroatoms. The summed E-state index contributed by atoms with van der Waals surface area (Å²) in [6.07, 6.45) is 5.61. The zero-order valence-corrected chi connectivity index (χ0v) is 13.3. The van der Waals surface area contributed by atoms with Crippen molar-refractivity contribution in [1.29, 1.82) is 0 Å². The third kappa shape index (κ3) is 3.02. The van der Waals surface area contributed by atoms with Gasteiger partial charge in [0.05, 0.1) is 17.6 Å². The zero-order chi connectivity index (χ0) is 14.8. The topological polar surface area (TPSA) is 46.0 Å². The number of piperidine rings is 1. The molecule has 21 heavy (non-hydrogen) atoms. The summed E-state index contributed by atoms with van der Waals surface area (Å²) in [7, 11) is 1.94. The first-order valence-electron chi connectivity index (χ1n) is 7.95. The largest absolute Gasteiger partial charge is 0.381 e. The van der Waals surface area contributed by atoms with Gasteiger partial charge in [-0.3, -0.25) is 4.68 Å². The maximum absolute atomic E-state index is 4.54. The molecule has 3 rings (SSSR count). The van der Waals surface area contributed by atoms with Gasteiger partial charge in [-0.05, 0) is 38.8 Å². The molecular weight excluding hydrogens is 262 g/mol. The molecule has 0 aliphatic carbocycles. The molecule has 1 fully saturated rings. The van der Waals surface area contributed by atoms with Crippen molar-refractivity contribution in [3.05, 3.63) is 18.0 Å². The number of aryl methyl sites for hydroxylation is 2. The lowest BCUT2D eigenvalue weighted by atomic mass is 10.0. The third-order valence-corrected chi connectivity index (χ3v) is 4.36.